The van der Waals surface area contributed by atoms with Crippen LogP contribution in [-0.4, -0.2) is 8.42 Å². The molecule has 2 aromatic carbocycles. The summed E-state index contributed by atoms with van der Waals surface area (Å²) in [7, 11) is -4.50. The first-order chi connectivity index (χ1) is 10.2. The van der Waals surface area contributed by atoms with Crippen LogP contribution in [0, 0.1) is 29.1 Å². The summed E-state index contributed by atoms with van der Waals surface area (Å²) in [6, 6.07) is 3.67. The van der Waals surface area contributed by atoms with E-state index in [0.717, 1.165) is 18.2 Å². The summed E-state index contributed by atoms with van der Waals surface area (Å²) in [5.74, 6) is -7.61. The van der Waals surface area contributed by atoms with Crippen LogP contribution in [0.15, 0.2) is 35.2 Å². The summed E-state index contributed by atoms with van der Waals surface area (Å²) in [5, 5.41) is 0. The lowest BCUT2D eigenvalue weighted by Crippen LogP contribution is -2.24. The van der Waals surface area contributed by atoms with Gasteiger partial charge in [-0.05, 0) is 29.8 Å². The maximum atomic E-state index is 13.5. The molecule has 0 spiro atoms. The van der Waals surface area contributed by atoms with E-state index < -0.39 is 50.5 Å². The van der Waals surface area contributed by atoms with E-state index in [1.54, 1.807) is 0 Å². The van der Waals surface area contributed by atoms with Crippen molar-refractivity contribution in [1.82, 2.24) is 4.72 Å². The van der Waals surface area contributed by atoms with Crippen molar-refractivity contribution in [3.05, 3.63) is 65.0 Å². The van der Waals surface area contributed by atoms with E-state index in [0.29, 0.717) is 12.1 Å². The Hall–Kier alpha value is -2.00. The molecule has 0 fully saturated rings. The first-order valence-corrected chi connectivity index (χ1v) is 7.28. The van der Waals surface area contributed by atoms with Crippen LogP contribution in [0.2, 0.25) is 0 Å². The smallest absolute Gasteiger partial charge is 0.207 e. The summed E-state index contributed by atoms with van der Waals surface area (Å²) >= 11 is 0. The van der Waals surface area contributed by atoms with Crippen LogP contribution in [0.5, 0.6) is 0 Å². The average molecular weight is 337 g/mol. The largest absolute Gasteiger partial charge is 0.243 e. The zero-order valence-electron chi connectivity index (χ0n) is 10.7. The molecule has 118 valence electrons. The Morgan fingerprint density at radius 1 is 0.818 bits per heavy atom. The van der Waals surface area contributed by atoms with Gasteiger partial charge in [-0.15, -0.1) is 0 Å². The molecule has 0 amide bonds. The fourth-order valence-electron chi connectivity index (χ4n) is 1.62. The molecule has 0 heterocycles. The fourth-order valence-corrected chi connectivity index (χ4v) is 2.71. The molecule has 0 aliphatic heterocycles. The van der Waals surface area contributed by atoms with Crippen LogP contribution in [0.3, 0.4) is 0 Å². The van der Waals surface area contributed by atoms with Gasteiger partial charge in [0.15, 0.2) is 29.1 Å². The molecule has 0 unspecified atom stereocenters. The number of halogens is 5. The van der Waals surface area contributed by atoms with Gasteiger partial charge in [0.2, 0.25) is 10.0 Å². The summed E-state index contributed by atoms with van der Waals surface area (Å²) in [5.41, 5.74) is 0.0606. The van der Waals surface area contributed by atoms with E-state index in [1.807, 2.05) is 4.72 Å². The van der Waals surface area contributed by atoms with Gasteiger partial charge in [-0.25, -0.2) is 35.1 Å². The lowest BCUT2D eigenvalue weighted by atomic mass is 10.2. The first kappa shape index (κ1) is 16.4. The second kappa shape index (κ2) is 6.01. The number of sulfonamides is 1. The standard InChI is InChI=1S/C13H8F5NO2S/c14-8-2-1-7(5-10(8)16)6-19-22(20,21)11-4-3-9(15)12(17)13(11)18/h1-5,19H,6H2. The molecule has 0 aliphatic rings. The fraction of sp³-hybridized carbons (Fsp3) is 0.0769. The average Bonchev–Trinajstić information content (AvgIpc) is 2.46. The molecule has 0 atom stereocenters. The van der Waals surface area contributed by atoms with Gasteiger partial charge < -0.3 is 0 Å². The highest BCUT2D eigenvalue weighted by Crippen LogP contribution is 2.20. The Bertz CT molecular complexity index is 823. The van der Waals surface area contributed by atoms with Gasteiger partial charge in [0.25, 0.3) is 0 Å². The summed E-state index contributed by atoms with van der Waals surface area (Å²) in [6.07, 6.45) is 0. The van der Waals surface area contributed by atoms with Crippen LogP contribution >= 0.6 is 0 Å². The van der Waals surface area contributed by atoms with Gasteiger partial charge in [-0.1, -0.05) is 6.07 Å². The predicted molar refractivity (Wildman–Crippen MR) is 66.7 cm³/mol. The molecule has 2 rings (SSSR count). The van der Waals surface area contributed by atoms with Crippen LogP contribution in [0.25, 0.3) is 0 Å². The van der Waals surface area contributed by atoms with Gasteiger partial charge in [0.1, 0.15) is 4.90 Å². The Labute approximate surface area is 122 Å². The molecule has 0 aliphatic carbocycles. The minimum absolute atomic E-state index is 0.0606. The van der Waals surface area contributed by atoms with E-state index in [-0.39, 0.29) is 5.56 Å². The second-order valence-corrected chi connectivity index (χ2v) is 5.98. The predicted octanol–water partition coefficient (Wildman–Crippen LogP) is 2.86. The quantitative estimate of drug-likeness (QED) is 0.689. The third-order valence-corrected chi connectivity index (χ3v) is 4.16. The van der Waals surface area contributed by atoms with Crippen molar-refractivity contribution in [3.8, 4) is 0 Å². The number of rotatable bonds is 4. The molecule has 9 heteroatoms. The zero-order chi connectivity index (χ0) is 16.5. The summed E-state index contributed by atoms with van der Waals surface area (Å²) in [6.45, 7) is -0.488. The van der Waals surface area contributed by atoms with Crippen LogP contribution in [-0.2, 0) is 16.6 Å². The molecule has 22 heavy (non-hydrogen) atoms. The van der Waals surface area contributed by atoms with Crippen LogP contribution in [0.4, 0.5) is 22.0 Å². The van der Waals surface area contributed by atoms with Gasteiger partial charge in [-0.2, -0.15) is 0 Å². The number of hydrogen-bond acceptors (Lipinski definition) is 2. The van der Waals surface area contributed by atoms with E-state index in [4.69, 9.17) is 0 Å². The molecular formula is C13H8F5NO2S. The van der Waals surface area contributed by atoms with Crippen molar-refractivity contribution in [2.45, 2.75) is 11.4 Å². The maximum Gasteiger partial charge on any atom is 0.243 e. The van der Waals surface area contributed by atoms with Crippen molar-refractivity contribution in [2.75, 3.05) is 0 Å². The Kier molecular flexibility index (Phi) is 4.47. The lowest BCUT2D eigenvalue weighted by molar-refractivity contribution is 0.431. The molecule has 1 N–H and O–H groups in total. The number of benzene rings is 2. The SMILES string of the molecule is O=S(=O)(NCc1ccc(F)c(F)c1)c1ccc(F)c(F)c1F. The number of hydrogen-bond donors (Lipinski definition) is 1. The molecular weight excluding hydrogens is 329 g/mol. The van der Waals surface area contributed by atoms with Gasteiger partial charge in [0.05, 0.1) is 0 Å². The molecule has 0 radical (unpaired) electrons. The molecule has 2 aromatic rings. The van der Waals surface area contributed by atoms with E-state index >= 15 is 0 Å². The Balaban J connectivity index is 2.25. The van der Waals surface area contributed by atoms with E-state index in [2.05, 4.69) is 0 Å². The van der Waals surface area contributed by atoms with Gasteiger partial charge in [0, 0.05) is 6.54 Å². The maximum absolute atomic E-state index is 13.5. The van der Waals surface area contributed by atoms with E-state index in [1.165, 1.54) is 0 Å². The molecule has 0 saturated carbocycles. The third-order valence-electron chi connectivity index (χ3n) is 2.74. The summed E-state index contributed by atoms with van der Waals surface area (Å²) in [4.78, 5) is -1.09. The van der Waals surface area contributed by atoms with Crippen molar-refractivity contribution in [1.29, 1.82) is 0 Å². The molecule has 0 bridgehead atoms. The van der Waals surface area contributed by atoms with Crippen molar-refractivity contribution >= 4 is 10.0 Å². The van der Waals surface area contributed by atoms with Crippen molar-refractivity contribution in [3.63, 3.8) is 0 Å². The summed E-state index contributed by atoms with van der Waals surface area (Å²) < 4.78 is 90.5. The van der Waals surface area contributed by atoms with E-state index in [9.17, 15) is 30.4 Å². The molecule has 0 aromatic heterocycles. The molecule has 3 nitrogen and oxygen atoms in total. The third kappa shape index (κ3) is 3.25. The lowest BCUT2D eigenvalue weighted by Gasteiger charge is -2.08. The highest BCUT2D eigenvalue weighted by Gasteiger charge is 2.23. The first-order valence-electron chi connectivity index (χ1n) is 5.79. The highest BCUT2D eigenvalue weighted by molar-refractivity contribution is 7.89. The van der Waals surface area contributed by atoms with Gasteiger partial charge in [-0.3, -0.25) is 0 Å². The normalized spacial score (nSPS) is 11.7. The van der Waals surface area contributed by atoms with Gasteiger partial charge >= 0.3 is 0 Å². The molecule has 0 saturated heterocycles. The van der Waals surface area contributed by atoms with Crippen molar-refractivity contribution < 1.29 is 30.4 Å². The monoisotopic (exact) mass is 337 g/mol. The minimum Gasteiger partial charge on any atom is -0.207 e. The van der Waals surface area contributed by atoms with Crippen molar-refractivity contribution in [2.24, 2.45) is 0 Å². The minimum atomic E-state index is -4.50. The second-order valence-electron chi connectivity index (χ2n) is 4.25. The van der Waals surface area contributed by atoms with Crippen LogP contribution < -0.4 is 4.72 Å². The number of nitrogens with one attached hydrogen (secondary N) is 1. The Morgan fingerprint density at radius 3 is 2.09 bits per heavy atom. The zero-order valence-corrected chi connectivity index (χ0v) is 11.5. The van der Waals surface area contributed by atoms with Crippen LogP contribution in [0.1, 0.15) is 5.56 Å². The topological polar surface area (TPSA) is 46.2 Å². The highest BCUT2D eigenvalue weighted by atomic mass is 32.2. The Morgan fingerprint density at radius 2 is 1.45 bits per heavy atom.